The highest BCUT2D eigenvalue weighted by Gasteiger charge is 2.36. The Balaban J connectivity index is 0.980. The lowest BCUT2D eigenvalue weighted by Gasteiger charge is -2.27. The van der Waals surface area contributed by atoms with Gasteiger partial charge < -0.3 is 39.3 Å². The molecule has 2 aromatic heterocycles. The lowest BCUT2D eigenvalue weighted by Crippen LogP contribution is -2.43. The molecular formula is C48H46N8O7. The second-order valence-corrected chi connectivity index (χ2v) is 14.6. The zero-order chi connectivity index (χ0) is 44.1. The number of hydrogen-bond acceptors (Lipinski definition) is 9. The number of alkyl carbamates (subject to hydrolysis) is 1. The maximum Gasteiger partial charge on any atom is 0.432 e. The maximum absolute atomic E-state index is 14.0. The van der Waals surface area contributed by atoms with E-state index in [1.165, 1.54) is 20.4 Å². The molecule has 1 fully saturated rings. The van der Waals surface area contributed by atoms with Gasteiger partial charge in [-0.05, 0) is 72.5 Å². The molecule has 0 saturated carbocycles. The highest BCUT2D eigenvalue weighted by molar-refractivity contribution is 6.01. The molecule has 4 amide bonds. The Morgan fingerprint density at radius 3 is 2.10 bits per heavy atom. The van der Waals surface area contributed by atoms with Gasteiger partial charge in [0.15, 0.2) is 0 Å². The number of carbonyl (C=O) groups is 4. The number of aromatic amines is 2. The van der Waals surface area contributed by atoms with Crippen LogP contribution in [0.5, 0.6) is 11.5 Å². The molecule has 3 heterocycles. The normalized spacial score (nSPS) is 14.4. The van der Waals surface area contributed by atoms with Gasteiger partial charge in [0.25, 0.3) is 0 Å². The van der Waals surface area contributed by atoms with Crippen LogP contribution in [0.2, 0.25) is 0 Å². The number of carbonyl (C=O) groups excluding carboxylic acids is 4. The number of amides is 4. The molecule has 1 saturated heterocycles. The summed E-state index contributed by atoms with van der Waals surface area (Å²) in [6.07, 6.45) is 10.9. The van der Waals surface area contributed by atoms with Gasteiger partial charge in [0, 0.05) is 49.2 Å². The smallest absolute Gasteiger partial charge is 0.432 e. The van der Waals surface area contributed by atoms with Crippen molar-refractivity contribution in [2.45, 2.75) is 43.8 Å². The Bertz CT molecular complexity index is 2570. The van der Waals surface area contributed by atoms with E-state index in [-0.39, 0.29) is 30.9 Å². The van der Waals surface area contributed by atoms with Gasteiger partial charge in [0.05, 0.1) is 44.1 Å². The van der Waals surface area contributed by atoms with Crippen molar-refractivity contribution in [1.29, 1.82) is 0 Å². The molecule has 15 heteroatoms. The molecule has 0 bridgehead atoms. The van der Waals surface area contributed by atoms with Gasteiger partial charge >= 0.3 is 12.2 Å². The maximum atomic E-state index is 14.0. The average molecular weight is 847 g/mol. The summed E-state index contributed by atoms with van der Waals surface area (Å²) in [4.78, 5) is 75.1. The van der Waals surface area contributed by atoms with Crippen LogP contribution in [0.4, 0.5) is 9.59 Å². The number of rotatable bonds is 15. The third-order valence-electron chi connectivity index (χ3n) is 10.6. The fourth-order valence-electron chi connectivity index (χ4n) is 7.34. The number of likely N-dealkylation sites (tertiary alicyclic amines) is 1. The van der Waals surface area contributed by atoms with Crippen molar-refractivity contribution < 1.29 is 33.4 Å². The molecule has 1 aliphatic heterocycles. The number of hydrogen-bond donors (Lipinski definition) is 3. The van der Waals surface area contributed by atoms with Crippen LogP contribution in [0.3, 0.4) is 0 Å². The molecule has 3 N–H and O–H groups in total. The summed E-state index contributed by atoms with van der Waals surface area (Å²) in [5, 5.41) is 2.64. The first kappa shape index (κ1) is 43.1. The molecule has 1 aliphatic rings. The second kappa shape index (κ2) is 20.5. The minimum atomic E-state index is -0.984. The lowest BCUT2D eigenvalue weighted by molar-refractivity contribution is -0.134. The monoisotopic (exact) mass is 846 g/mol. The van der Waals surface area contributed by atoms with Crippen LogP contribution in [-0.4, -0.2) is 87.3 Å². The first-order valence-electron chi connectivity index (χ1n) is 20.3. The van der Waals surface area contributed by atoms with Crippen LogP contribution >= 0.6 is 0 Å². The largest absolute Gasteiger partial charge is 0.457 e. The van der Waals surface area contributed by atoms with Crippen molar-refractivity contribution in [2.75, 3.05) is 27.3 Å². The number of methoxy groups -OCH3 is 2. The van der Waals surface area contributed by atoms with Gasteiger partial charge in [-0.25, -0.2) is 19.6 Å². The van der Waals surface area contributed by atoms with Crippen molar-refractivity contribution in [3.63, 3.8) is 0 Å². The van der Waals surface area contributed by atoms with Crippen LogP contribution < -0.4 is 10.1 Å². The molecule has 7 rings (SSSR count). The van der Waals surface area contributed by atoms with Crippen LogP contribution in [-0.2, 0) is 25.6 Å². The summed E-state index contributed by atoms with van der Waals surface area (Å²) in [6, 6.07) is 32.0. The predicted octanol–water partition coefficient (Wildman–Crippen LogP) is 7.99. The average Bonchev–Trinajstić information content (AvgIpc) is 4.13. The Morgan fingerprint density at radius 2 is 1.48 bits per heavy atom. The number of H-pyrrole nitrogens is 2. The van der Waals surface area contributed by atoms with E-state index in [2.05, 4.69) is 30.9 Å². The highest BCUT2D eigenvalue weighted by Crippen LogP contribution is 2.35. The topological polar surface area (TPSA) is 184 Å². The van der Waals surface area contributed by atoms with E-state index in [4.69, 9.17) is 25.9 Å². The molecular weight excluding hydrogens is 801 g/mol. The van der Waals surface area contributed by atoms with Gasteiger partial charge in [-0.15, -0.1) is 12.3 Å². The van der Waals surface area contributed by atoms with Gasteiger partial charge in [0.2, 0.25) is 11.8 Å². The quantitative estimate of drug-likeness (QED) is 0.0681. The number of nitrogens with one attached hydrogen (secondary N) is 3. The Morgan fingerprint density at radius 1 is 0.857 bits per heavy atom. The zero-order valence-electron chi connectivity index (χ0n) is 34.8. The van der Waals surface area contributed by atoms with E-state index in [1.54, 1.807) is 40.3 Å². The Hall–Kier alpha value is -7.99. The Kier molecular flexibility index (Phi) is 14.0. The van der Waals surface area contributed by atoms with Crippen LogP contribution in [0.15, 0.2) is 127 Å². The summed E-state index contributed by atoms with van der Waals surface area (Å²) < 4.78 is 15.6. The predicted molar refractivity (Wildman–Crippen MR) is 235 cm³/mol. The van der Waals surface area contributed by atoms with Crippen molar-refractivity contribution >= 4 is 30.2 Å². The number of aliphatic imine (C=N–C) groups is 1. The molecule has 63 heavy (non-hydrogen) atoms. The van der Waals surface area contributed by atoms with Crippen LogP contribution in [0.1, 0.15) is 60.0 Å². The standard InChI is InChI=1S/C48H46N8O7/c1-4-5-26-55(46(58)43(54-48(60)62-3)35-15-10-7-11-16-35)31-42-49-29-39(52-42)33-18-22-36(23-19-33)63-37-24-20-34(21-25-37)40-30-50-44(53-40)41-17-12-27-56(41)45(57)38(28-51-47(59)61-2)32-13-8-6-9-14-32/h1,6-11,13-16,18-25,28-30,38,41,43H,5,12,17,26-27,31H2,2-3H3,(H,49,52)(H,50,53)(H,54,60)/b51-28-/t38?,41-,43+/m0/s1. The van der Waals surface area contributed by atoms with E-state index >= 15 is 0 Å². The highest BCUT2D eigenvalue weighted by atomic mass is 16.5. The van der Waals surface area contributed by atoms with Crippen molar-refractivity contribution in [2.24, 2.45) is 4.99 Å². The minimum absolute atomic E-state index is 0.132. The molecule has 1 unspecified atom stereocenters. The zero-order valence-corrected chi connectivity index (χ0v) is 34.8. The molecule has 4 aromatic carbocycles. The first-order chi connectivity index (χ1) is 30.7. The second-order valence-electron chi connectivity index (χ2n) is 14.6. The number of ether oxygens (including phenoxy) is 3. The SMILES string of the molecule is C#CCCN(Cc1nc(-c2ccc(Oc3ccc(-c4c[nH]c([C@@H]5CCCN5C(=O)C(/C=N\C(=O)OC)c5ccccc5)n4)cc3)cc2)c[nH]1)C(=O)[C@H](NC(=O)OC)c1ccccc1. The third kappa shape index (κ3) is 10.7. The molecule has 320 valence electrons. The number of benzene rings is 4. The van der Waals surface area contributed by atoms with Gasteiger partial charge in [0.1, 0.15) is 29.2 Å². The fourth-order valence-corrected chi connectivity index (χ4v) is 7.34. The van der Waals surface area contributed by atoms with E-state index in [9.17, 15) is 19.2 Å². The van der Waals surface area contributed by atoms with E-state index in [0.717, 1.165) is 35.2 Å². The molecule has 0 spiro atoms. The summed E-state index contributed by atoms with van der Waals surface area (Å²) in [7, 11) is 2.49. The first-order valence-corrected chi connectivity index (χ1v) is 20.3. The van der Waals surface area contributed by atoms with E-state index in [1.807, 2.05) is 91.1 Å². The summed E-state index contributed by atoms with van der Waals surface area (Å²) in [6.45, 7) is 0.934. The number of aromatic nitrogens is 4. The van der Waals surface area contributed by atoms with E-state index in [0.29, 0.717) is 47.4 Å². The van der Waals surface area contributed by atoms with Gasteiger partial charge in [-0.3, -0.25) is 9.59 Å². The van der Waals surface area contributed by atoms with Crippen LogP contribution in [0, 0.1) is 12.3 Å². The van der Waals surface area contributed by atoms with Gasteiger partial charge in [-0.1, -0.05) is 60.7 Å². The number of terminal acetylenes is 1. The van der Waals surface area contributed by atoms with Crippen molar-refractivity contribution in [3.05, 3.63) is 144 Å². The summed E-state index contributed by atoms with van der Waals surface area (Å²) in [5.41, 5.74) is 4.42. The van der Waals surface area contributed by atoms with Crippen molar-refractivity contribution in [3.8, 4) is 46.4 Å². The third-order valence-corrected chi connectivity index (χ3v) is 10.6. The van der Waals surface area contributed by atoms with Crippen molar-refractivity contribution in [1.82, 2.24) is 35.1 Å². The molecule has 3 atom stereocenters. The lowest BCUT2D eigenvalue weighted by atomic mass is 9.98. The van der Waals surface area contributed by atoms with Gasteiger partial charge in [-0.2, -0.15) is 4.99 Å². The van der Waals surface area contributed by atoms with E-state index < -0.39 is 24.1 Å². The fraction of sp³-hybridized carbons (Fsp3) is 0.229. The molecule has 0 radical (unpaired) electrons. The molecule has 15 nitrogen and oxygen atoms in total. The minimum Gasteiger partial charge on any atom is -0.457 e. The molecule has 0 aliphatic carbocycles. The Labute approximate surface area is 364 Å². The summed E-state index contributed by atoms with van der Waals surface area (Å²) >= 11 is 0. The summed E-state index contributed by atoms with van der Waals surface area (Å²) in [5.74, 6) is 3.77. The van der Waals surface area contributed by atoms with Crippen LogP contribution in [0.25, 0.3) is 22.5 Å². The number of imidazole rings is 2. The molecule has 6 aromatic rings. The number of nitrogens with zero attached hydrogens (tertiary/aromatic N) is 5.